The molecule has 3 aromatic rings. The molecule has 0 aromatic heterocycles. The van der Waals surface area contributed by atoms with Gasteiger partial charge in [0.1, 0.15) is 12.4 Å². The lowest BCUT2D eigenvalue weighted by Crippen LogP contribution is -2.05. The fraction of sp³-hybridized carbons (Fsp3) is 0.0435. The molecule has 7 nitrogen and oxygen atoms in total. The van der Waals surface area contributed by atoms with Gasteiger partial charge >= 0.3 is 5.97 Å². The number of nitrogens with zero attached hydrogens (tertiary/aromatic N) is 2. The molecule has 0 bridgehead atoms. The summed E-state index contributed by atoms with van der Waals surface area (Å²) in [4.78, 5) is 26.9. The second-order valence-electron chi connectivity index (χ2n) is 6.75. The minimum Gasteiger partial charge on any atom is -0.489 e. The molecule has 0 fully saturated rings. The fourth-order valence-corrected chi connectivity index (χ4v) is 3.61. The number of esters is 1. The Bertz CT molecular complexity index is 1270. The molecule has 0 spiro atoms. The molecule has 0 aliphatic carbocycles. The summed E-state index contributed by atoms with van der Waals surface area (Å²) in [7, 11) is 0. The minimum atomic E-state index is -0.521. The molecule has 0 amide bonds. The molecule has 0 saturated heterocycles. The van der Waals surface area contributed by atoms with E-state index in [4.69, 9.17) is 9.47 Å². The van der Waals surface area contributed by atoms with Gasteiger partial charge in [-0.3, -0.25) is 10.1 Å². The molecule has 4 rings (SSSR count). The number of ether oxygens (including phenoxy) is 2. The predicted molar refractivity (Wildman–Crippen MR) is 131 cm³/mol. The Hall–Kier alpha value is -3.05. The van der Waals surface area contributed by atoms with E-state index in [2.05, 4.69) is 43.5 Å². The molecule has 0 saturated carbocycles. The van der Waals surface area contributed by atoms with Crippen LogP contribution < -0.4 is 4.74 Å². The normalized spacial score (nSPS) is 14.2. The first-order valence-corrected chi connectivity index (χ1v) is 11.2. The number of carbonyl (C=O) groups is 1. The summed E-state index contributed by atoms with van der Waals surface area (Å²) >= 11 is 5.67. The van der Waals surface area contributed by atoms with Crippen molar-refractivity contribution in [2.75, 3.05) is 0 Å². The molecular formula is C23H14BrIN2O5. The van der Waals surface area contributed by atoms with E-state index in [1.54, 1.807) is 36.4 Å². The van der Waals surface area contributed by atoms with Crippen molar-refractivity contribution >= 4 is 62.2 Å². The van der Waals surface area contributed by atoms with Gasteiger partial charge in [-0.1, -0.05) is 12.1 Å². The van der Waals surface area contributed by atoms with Crippen LogP contribution in [0.15, 0.2) is 81.9 Å². The SMILES string of the molecule is O=C1OC(c2ccc(I)c(Br)c2)=N/C1=C\c1cccc(OCc2ccc([N+](=O)[O-])cc2)c1. The van der Waals surface area contributed by atoms with E-state index in [-0.39, 0.29) is 23.9 Å². The van der Waals surface area contributed by atoms with Crippen molar-refractivity contribution in [3.63, 3.8) is 0 Å². The Kier molecular flexibility index (Phi) is 6.66. The molecule has 160 valence electrons. The number of aliphatic imine (C=N–C) groups is 1. The lowest BCUT2D eigenvalue weighted by Gasteiger charge is -2.07. The summed E-state index contributed by atoms with van der Waals surface area (Å²) < 4.78 is 13.0. The van der Waals surface area contributed by atoms with Gasteiger partial charge in [-0.05, 0) is 98.2 Å². The van der Waals surface area contributed by atoms with Crippen molar-refractivity contribution in [2.45, 2.75) is 6.61 Å². The van der Waals surface area contributed by atoms with Gasteiger partial charge in [-0.2, -0.15) is 0 Å². The van der Waals surface area contributed by atoms with E-state index in [1.165, 1.54) is 12.1 Å². The topological polar surface area (TPSA) is 91.0 Å². The van der Waals surface area contributed by atoms with Gasteiger partial charge in [-0.25, -0.2) is 9.79 Å². The molecule has 0 atom stereocenters. The van der Waals surface area contributed by atoms with Crippen molar-refractivity contribution in [3.05, 3.63) is 107 Å². The fourth-order valence-electron chi connectivity index (χ4n) is 2.89. The minimum absolute atomic E-state index is 0.0309. The Morgan fingerprint density at radius 2 is 1.91 bits per heavy atom. The number of nitro groups is 1. The summed E-state index contributed by atoms with van der Waals surface area (Å²) in [5, 5.41) is 10.7. The van der Waals surface area contributed by atoms with Crippen LogP contribution >= 0.6 is 38.5 Å². The van der Waals surface area contributed by atoms with Crippen molar-refractivity contribution in [3.8, 4) is 5.75 Å². The van der Waals surface area contributed by atoms with Gasteiger partial charge in [0.2, 0.25) is 5.90 Å². The van der Waals surface area contributed by atoms with Gasteiger partial charge in [0.05, 0.1) is 4.92 Å². The maximum absolute atomic E-state index is 12.3. The van der Waals surface area contributed by atoms with Gasteiger partial charge in [0, 0.05) is 25.7 Å². The molecule has 32 heavy (non-hydrogen) atoms. The molecule has 1 aliphatic rings. The van der Waals surface area contributed by atoms with Crippen molar-refractivity contribution in [1.82, 2.24) is 0 Å². The second kappa shape index (κ2) is 9.61. The standard InChI is InChI=1S/C23H14BrIN2O5/c24-19-12-16(6-9-20(19)25)22-26-21(23(28)32-22)11-15-2-1-3-18(10-15)31-13-14-4-7-17(8-5-14)27(29)30/h1-12H,13H2/b21-11-. The second-order valence-corrected chi connectivity index (χ2v) is 8.77. The van der Waals surface area contributed by atoms with Gasteiger partial charge in [0.25, 0.3) is 5.69 Å². The maximum Gasteiger partial charge on any atom is 0.363 e. The number of cyclic esters (lactones) is 1. The molecule has 1 heterocycles. The van der Waals surface area contributed by atoms with Crippen LogP contribution in [0, 0.1) is 13.7 Å². The molecule has 3 aromatic carbocycles. The first-order chi connectivity index (χ1) is 15.4. The van der Waals surface area contributed by atoms with Crippen LogP contribution in [0.1, 0.15) is 16.7 Å². The summed E-state index contributed by atoms with van der Waals surface area (Å²) in [5.41, 5.74) is 2.46. The highest BCUT2D eigenvalue weighted by molar-refractivity contribution is 14.1. The highest BCUT2D eigenvalue weighted by Crippen LogP contribution is 2.25. The number of nitro benzene ring substituents is 1. The number of benzene rings is 3. The van der Waals surface area contributed by atoms with Crippen LogP contribution in [0.5, 0.6) is 5.75 Å². The maximum atomic E-state index is 12.3. The first kappa shape index (κ1) is 22.2. The third kappa shape index (κ3) is 5.22. The van der Waals surface area contributed by atoms with Crippen LogP contribution in [-0.2, 0) is 16.1 Å². The number of hydrogen-bond acceptors (Lipinski definition) is 6. The van der Waals surface area contributed by atoms with Crippen LogP contribution in [0.2, 0.25) is 0 Å². The average molecular weight is 605 g/mol. The van der Waals surface area contributed by atoms with Gasteiger partial charge < -0.3 is 9.47 Å². The molecule has 0 radical (unpaired) electrons. The molecule has 9 heteroatoms. The van der Waals surface area contributed by atoms with Crippen molar-refractivity contribution in [1.29, 1.82) is 0 Å². The monoisotopic (exact) mass is 604 g/mol. The Morgan fingerprint density at radius 1 is 1.12 bits per heavy atom. The quantitative estimate of drug-likeness (QED) is 0.115. The zero-order valence-corrected chi connectivity index (χ0v) is 20.1. The van der Waals surface area contributed by atoms with Crippen molar-refractivity contribution < 1.29 is 19.2 Å². The lowest BCUT2D eigenvalue weighted by atomic mass is 10.2. The van der Waals surface area contributed by atoms with E-state index in [9.17, 15) is 14.9 Å². The largest absolute Gasteiger partial charge is 0.489 e. The molecule has 0 unspecified atom stereocenters. The molecular weight excluding hydrogens is 591 g/mol. The Balaban J connectivity index is 1.48. The van der Waals surface area contributed by atoms with Gasteiger partial charge in [-0.15, -0.1) is 0 Å². The third-order valence-electron chi connectivity index (χ3n) is 4.50. The smallest absolute Gasteiger partial charge is 0.363 e. The van der Waals surface area contributed by atoms with Crippen LogP contribution in [-0.4, -0.2) is 16.8 Å². The van der Waals surface area contributed by atoms with E-state index < -0.39 is 10.9 Å². The number of non-ortho nitro benzene ring substituents is 1. The van der Waals surface area contributed by atoms with E-state index in [0.29, 0.717) is 11.3 Å². The number of rotatable bonds is 6. The first-order valence-electron chi connectivity index (χ1n) is 9.33. The third-order valence-corrected chi connectivity index (χ3v) is 6.84. The molecule has 1 aliphatic heterocycles. The highest BCUT2D eigenvalue weighted by Gasteiger charge is 2.24. The molecule has 0 N–H and O–H groups in total. The zero-order valence-electron chi connectivity index (χ0n) is 16.3. The van der Waals surface area contributed by atoms with Crippen molar-refractivity contribution in [2.24, 2.45) is 4.99 Å². The summed E-state index contributed by atoms with van der Waals surface area (Å²) in [6.07, 6.45) is 1.63. The highest BCUT2D eigenvalue weighted by atomic mass is 127. The van der Waals surface area contributed by atoms with Gasteiger partial charge in [0.15, 0.2) is 5.70 Å². The van der Waals surface area contributed by atoms with Crippen LogP contribution in [0.3, 0.4) is 0 Å². The lowest BCUT2D eigenvalue weighted by molar-refractivity contribution is -0.384. The van der Waals surface area contributed by atoms with Crippen LogP contribution in [0.4, 0.5) is 5.69 Å². The zero-order chi connectivity index (χ0) is 22.7. The summed E-state index contributed by atoms with van der Waals surface area (Å²) in [6, 6.07) is 19.0. The van der Waals surface area contributed by atoms with E-state index in [1.807, 2.05) is 24.3 Å². The summed E-state index contributed by atoms with van der Waals surface area (Å²) in [5.74, 6) is 0.325. The Morgan fingerprint density at radius 3 is 2.62 bits per heavy atom. The Labute approximate surface area is 205 Å². The number of carbonyl (C=O) groups excluding carboxylic acids is 1. The predicted octanol–water partition coefficient (Wildman–Crippen LogP) is 5.89. The van der Waals surface area contributed by atoms with Crippen LogP contribution in [0.25, 0.3) is 6.08 Å². The number of halogens is 2. The number of hydrogen-bond donors (Lipinski definition) is 0. The average Bonchev–Trinajstić information content (AvgIpc) is 3.15. The summed E-state index contributed by atoms with van der Waals surface area (Å²) in [6.45, 7) is 0.254. The van der Waals surface area contributed by atoms with E-state index in [0.717, 1.165) is 19.2 Å². The van der Waals surface area contributed by atoms with E-state index >= 15 is 0 Å².